The van der Waals surface area contributed by atoms with E-state index in [9.17, 15) is 4.79 Å². The van der Waals surface area contributed by atoms with Gasteiger partial charge in [-0.05, 0) is 17.5 Å². The summed E-state index contributed by atoms with van der Waals surface area (Å²) in [7, 11) is 0. The number of carbonyl (C=O) groups is 1. The zero-order chi connectivity index (χ0) is 17.9. The molecule has 26 heavy (non-hydrogen) atoms. The van der Waals surface area contributed by atoms with Gasteiger partial charge in [0, 0.05) is 31.6 Å². The average Bonchev–Trinajstić information content (AvgIpc) is 2.87. The number of amides is 1. The first-order valence-electron chi connectivity index (χ1n) is 8.87. The predicted octanol–water partition coefficient (Wildman–Crippen LogP) is 3.50. The number of halogens is 1. The maximum absolute atomic E-state index is 12.5. The van der Waals surface area contributed by atoms with Crippen molar-refractivity contribution in [2.24, 2.45) is 0 Å². The highest BCUT2D eigenvalue weighted by molar-refractivity contribution is 6.34. The number of rotatable bonds is 3. The Morgan fingerprint density at radius 3 is 2.65 bits per heavy atom. The number of nitrogens with one attached hydrogen (secondary N) is 1. The Bertz CT molecular complexity index is 825. The minimum Gasteiger partial charge on any atom is -0.490 e. The van der Waals surface area contributed by atoms with Gasteiger partial charge in [0.15, 0.2) is 11.5 Å². The van der Waals surface area contributed by atoms with E-state index in [-0.39, 0.29) is 5.91 Å². The van der Waals surface area contributed by atoms with Crippen LogP contribution in [0.15, 0.2) is 36.4 Å². The number of carbonyl (C=O) groups excluding carboxylic acids is 1. The molecule has 5 nitrogen and oxygen atoms in total. The first-order valence-corrected chi connectivity index (χ1v) is 9.25. The van der Waals surface area contributed by atoms with E-state index < -0.39 is 0 Å². The molecular formula is C20H21ClN2O3. The summed E-state index contributed by atoms with van der Waals surface area (Å²) in [6, 6.07) is 11.8. The summed E-state index contributed by atoms with van der Waals surface area (Å²) >= 11 is 6.30. The van der Waals surface area contributed by atoms with Crippen LogP contribution in [0, 0.1) is 0 Å². The lowest BCUT2D eigenvalue weighted by Gasteiger charge is -2.28. The zero-order valence-electron chi connectivity index (χ0n) is 14.5. The first-order chi connectivity index (χ1) is 12.7. The highest BCUT2D eigenvalue weighted by atomic mass is 35.5. The number of nitrogens with zero attached hydrogens (tertiary/aromatic N) is 1. The summed E-state index contributed by atoms with van der Waals surface area (Å²) in [6.45, 7) is 3.19. The van der Waals surface area contributed by atoms with Crippen LogP contribution < -0.4 is 14.8 Å². The minimum absolute atomic E-state index is 0.0826. The minimum atomic E-state index is -0.0826. The van der Waals surface area contributed by atoms with Crippen LogP contribution in [0.5, 0.6) is 11.5 Å². The Balaban J connectivity index is 1.42. The molecule has 4 rings (SSSR count). The molecular weight excluding hydrogens is 352 g/mol. The average molecular weight is 373 g/mol. The Hall–Kier alpha value is -2.24. The van der Waals surface area contributed by atoms with Gasteiger partial charge in [-0.15, -0.1) is 0 Å². The summed E-state index contributed by atoms with van der Waals surface area (Å²) < 4.78 is 11.3. The molecule has 0 spiro atoms. The summed E-state index contributed by atoms with van der Waals surface area (Å²) in [5.74, 6) is 1.16. The molecule has 0 fully saturated rings. The van der Waals surface area contributed by atoms with E-state index in [1.165, 1.54) is 11.1 Å². The number of fused-ring (bicyclic) bond motifs is 2. The molecule has 2 aromatic rings. The zero-order valence-corrected chi connectivity index (χ0v) is 15.2. The Kier molecular flexibility index (Phi) is 5.00. The number of hydrogen-bond acceptors (Lipinski definition) is 4. The first kappa shape index (κ1) is 17.2. The van der Waals surface area contributed by atoms with Crippen LogP contribution in [-0.4, -0.2) is 37.1 Å². The van der Waals surface area contributed by atoms with Crippen LogP contribution >= 0.6 is 11.6 Å². The standard InChI is InChI=1S/C20H21ClN2O3/c21-16-10-18-19(26-9-3-8-25-18)11-17(16)22-20(24)13-23-7-6-14-4-1-2-5-15(14)12-23/h1-2,4-5,10-11H,3,6-9,12-13H2,(H,22,24). The summed E-state index contributed by atoms with van der Waals surface area (Å²) in [4.78, 5) is 14.6. The monoisotopic (exact) mass is 372 g/mol. The maximum atomic E-state index is 12.5. The normalized spacial score (nSPS) is 16.5. The van der Waals surface area contributed by atoms with Gasteiger partial charge in [0.05, 0.1) is 30.5 Å². The summed E-state index contributed by atoms with van der Waals surface area (Å²) in [6.07, 6.45) is 1.79. The fourth-order valence-electron chi connectivity index (χ4n) is 3.36. The molecule has 2 heterocycles. The number of ether oxygens (including phenoxy) is 2. The molecule has 2 aromatic carbocycles. The van der Waals surface area contributed by atoms with Crippen molar-refractivity contribution in [1.29, 1.82) is 0 Å². The van der Waals surface area contributed by atoms with Gasteiger partial charge in [-0.25, -0.2) is 0 Å². The molecule has 2 aliphatic rings. The number of anilines is 1. The molecule has 1 amide bonds. The van der Waals surface area contributed by atoms with Crippen molar-refractivity contribution >= 4 is 23.2 Å². The van der Waals surface area contributed by atoms with Crippen LogP contribution in [-0.2, 0) is 17.8 Å². The van der Waals surface area contributed by atoms with Gasteiger partial charge < -0.3 is 14.8 Å². The Labute approximate surface area is 157 Å². The molecule has 0 aromatic heterocycles. The fraction of sp³-hybridized carbons (Fsp3) is 0.350. The highest BCUT2D eigenvalue weighted by Crippen LogP contribution is 2.37. The van der Waals surface area contributed by atoms with Crippen molar-refractivity contribution in [1.82, 2.24) is 4.90 Å². The largest absolute Gasteiger partial charge is 0.490 e. The lowest BCUT2D eigenvalue weighted by Crippen LogP contribution is -2.37. The van der Waals surface area contributed by atoms with E-state index in [4.69, 9.17) is 21.1 Å². The van der Waals surface area contributed by atoms with Gasteiger partial charge in [0.1, 0.15) is 0 Å². The van der Waals surface area contributed by atoms with Gasteiger partial charge in [-0.1, -0.05) is 35.9 Å². The molecule has 0 bridgehead atoms. The van der Waals surface area contributed by atoms with Gasteiger partial charge >= 0.3 is 0 Å². The van der Waals surface area contributed by atoms with E-state index in [1.54, 1.807) is 12.1 Å². The van der Waals surface area contributed by atoms with Crippen molar-refractivity contribution < 1.29 is 14.3 Å². The molecule has 136 valence electrons. The van der Waals surface area contributed by atoms with Crippen LogP contribution in [0.1, 0.15) is 17.5 Å². The predicted molar refractivity (Wildman–Crippen MR) is 101 cm³/mol. The molecule has 0 atom stereocenters. The van der Waals surface area contributed by atoms with Gasteiger partial charge in [-0.2, -0.15) is 0 Å². The second-order valence-electron chi connectivity index (χ2n) is 6.61. The van der Waals surface area contributed by atoms with Crippen molar-refractivity contribution in [3.05, 3.63) is 52.5 Å². The van der Waals surface area contributed by atoms with Crippen LogP contribution in [0.2, 0.25) is 5.02 Å². The van der Waals surface area contributed by atoms with E-state index in [0.717, 1.165) is 25.9 Å². The smallest absolute Gasteiger partial charge is 0.238 e. The third kappa shape index (κ3) is 3.79. The summed E-state index contributed by atoms with van der Waals surface area (Å²) in [5.41, 5.74) is 3.22. The second-order valence-corrected chi connectivity index (χ2v) is 7.01. The SMILES string of the molecule is O=C(CN1CCc2ccccc2C1)Nc1cc2c(cc1Cl)OCCCO2. The Morgan fingerprint density at radius 2 is 1.85 bits per heavy atom. The molecule has 0 radical (unpaired) electrons. The second kappa shape index (κ2) is 7.56. The highest BCUT2D eigenvalue weighted by Gasteiger charge is 2.20. The number of hydrogen-bond donors (Lipinski definition) is 1. The fourth-order valence-corrected chi connectivity index (χ4v) is 3.56. The molecule has 6 heteroatoms. The van der Waals surface area contributed by atoms with Gasteiger partial charge in [0.25, 0.3) is 0 Å². The quantitative estimate of drug-likeness (QED) is 0.896. The number of benzene rings is 2. The van der Waals surface area contributed by atoms with E-state index in [1.807, 2.05) is 6.07 Å². The lowest BCUT2D eigenvalue weighted by molar-refractivity contribution is -0.117. The third-order valence-corrected chi connectivity index (χ3v) is 5.00. The summed E-state index contributed by atoms with van der Waals surface area (Å²) in [5, 5.41) is 3.35. The third-order valence-electron chi connectivity index (χ3n) is 4.69. The molecule has 0 aliphatic carbocycles. The van der Waals surface area contributed by atoms with Crippen LogP contribution in [0.4, 0.5) is 5.69 Å². The Morgan fingerprint density at radius 1 is 1.12 bits per heavy atom. The maximum Gasteiger partial charge on any atom is 0.238 e. The molecule has 0 saturated heterocycles. The van der Waals surface area contributed by atoms with Gasteiger partial charge in [0.2, 0.25) is 5.91 Å². The van der Waals surface area contributed by atoms with Crippen molar-refractivity contribution in [2.75, 3.05) is 31.6 Å². The van der Waals surface area contributed by atoms with E-state index in [0.29, 0.717) is 42.0 Å². The molecule has 0 unspecified atom stereocenters. The molecule has 1 N–H and O–H groups in total. The van der Waals surface area contributed by atoms with E-state index >= 15 is 0 Å². The van der Waals surface area contributed by atoms with Crippen molar-refractivity contribution in [2.45, 2.75) is 19.4 Å². The topological polar surface area (TPSA) is 50.8 Å². The molecule has 0 saturated carbocycles. The van der Waals surface area contributed by atoms with Gasteiger partial charge in [-0.3, -0.25) is 9.69 Å². The van der Waals surface area contributed by atoms with Crippen LogP contribution in [0.3, 0.4) is 0 Å². The van der Waals surface area contributed by atoms with E-state index in [2.05, 4.69) is 28.4 Å². The molecule has 2 aliphatic heterocycles. The van der Waals surface area contributed by atoms with Crippen molar-refractivity contribution in [3.8, 4) is 11.5 Å². The lowest BCUT2D eigenvalue weighted by atomic mass is 10.00. The van der Waals surface area contributed by atoms with Crippen molar-refractivity contribution in [3.63, 3.8) is 0 Å². The van der Waals surface area contributed by atoms with Crippen LogP contribution in [0.25, 0.3) is 0 Å².